The molecule has 0 saturated heterocycles. The first-order chi connectivity index (χ1) is 8.44. The van der Waals surface area contributed by atoms with Crippen molar-refractivity contribution >= 4 is 48.5 Å². The van der Waals surface area contributed by atoms with Crippen LogP contribution in [0.1, 0.15) is 5.56 Å². The molecule has 18 heavy (non-hydrogen) atoms. The lowest BCUT2D eigenvalue weighted by molar-refractivity contribution is 0.232. The largest absolute Gasteiger partial charge is 0.522 e. The smallest absolute Gasteiger partial charge is 0.379 e. The van der Waals surface area contributed by atoms with E-state index in [-0.39, 0.29) is 0 Å². The van der Waals surface area contributed by atoms with E-state index in [9.17, 15) is 0 Å². The van der Waals surface area contributed by atoms with Gasteiger partial charge in [0.25, 0.3) is 0 Å². The van der Waals surface area contributed by atoms with E-state index in [1.807, 2.05) is 24.7 Å². The monoisotopic (exact) mass is 342 g/mol. The van der Waals surface area contributed by atoms with Crippen LogP contribution in [-0.2, 0) is 11.0 Å². The van der Waals surface area contributed by atoms with Crippen LogP contribution in [0.15, 0.2) is 18.2 Å². The van der Waals surface area contributed by atoms with Gasteiger partial charge in [-0.05, 0) is 24.7 Å². The van der Waals surface area contributed by atoms with Gasteiger partial charge in [0.2, 0.25) is 0 Å². The quantitative estimate of drug-likeness (QED) is 0.619. The van der Waals surface area contributed by atoms with Crippen LogP contribution in [0.2, 0.25) is 12.6 Å². The van der Waals surface area contributed by atoms with E-state index in [0.717, 1.165) is 17.1 Å². The number of hydrogen-bond acceptors (Lipinski definition) is 3. The first-order valence-electron chi connectivity index (χ1n) is 5.55. The number of halogens is 3. The summed E-state index contributed by atoms with van der Waals surface area (Å²) in [5.41, 5.74) is 1.00. The van der Waals surface area contributed by atoms with Crippen molar-refractivity contribution in [1.29, 1.82) is 0 Å². The predicted octanol–water partition coefficient (Wildman–Crippen LogP) is 3.48. The molecule has 1 aromatic carbocycles. The minimum atomic E-state index is -2.60. The molecule has 3 nitrogen and oxygen atoms in total. The lowest BCUT2D eigenvalue weighted by Crippen LogP contribution is -2.26. The molecule has 1 aliphatic rings. The van der Waals surface area contributed by atoms with Crippen molar-refractivity contribution in [2.24, 2.45) is 0 Å². The fraction of sp³-hybridized carbons (Fsp3) is 0.400. The standard InChI is InChI=1S/C10H13Cl3O3Si2/c1-17-15-7-8-6-9(2-3-10(8)16-17)14-4-5-18(11,12)13/h2-3,6,17H,4-5,7H2,1H3. The summed E-state index contributed by atoms with van der Waals surface area (Å²) >= 11 is 17.4. The van der Waals surface area contributed by atoms with Crippen LogP contribution < -0.4 is 9.16 Å². The van der Waals surface area contributed by atoms with Crippen molar-refractivity contribution in [3.63, 3.8) is 0 Å². The van der Waals surface area contributed by atoms with Gasteiger partial charge in [0.05, 0.1) is 13.2 Å². The fourth-order valence-electron chi connectivity index (χ4n) is 1.58. The SMILES string of the molecule is C[SiH]1OCc2cc(OCC[Si](Cl)(Cl)Cl)ccc2O1. The van der Waals surface area contributed by atoms with Crippen LogP contribution in [0.25, 0.3) is 0 Å². The predicted molar refractivity (Wildman–Crippen MR) is 78.5 cm³/mol. The second-order valence-corrected chi connectivity index (χ2v) is 15.0. The molecule has 0 N–H and O–H groups in total. The van der Waals surface area contributed by atoms with E-state index in [1.54, 1.807) is 0 Å². The van der Waals surface area contributed by atoms with E-state index in [2.05, 4.69) is 0 Å². The molecule has 0 aliphatic carbocycles. The first kappa shape index (κ1) is 14.5. The molecule has 0 amide bonds. The molecule has 1 heterocycles. The Morgan fingerprint density at radius 1 is 1.39 bits per heavy atom. The zero-order valence-electron chi connectivity index (χ0n) is 9.79. The van der Waals surface area contributed by atoms with E-state index in [4.69, 9.17) is 46.8 Å². The van der Waals surface area contributed by atoms with Crippen LogP contribution in [0, 0.1) is 0 Å². The Morgan fingerprint density at radius 3 is 2.89 bits per heavy atom. The Labute approximate surface area is 123 Å². The van der Waals surface area contributed by atoms with Gasteiger partial charge in [-0.2, -0.15) is 0 Å². The summed E-state index contributed by atoms with van der Waals surface area (Å²) in [5, 5.41) is 0. The van der Waals surface area contributed by atoms with Crippen LogP contribution >= 0.6 is 33.2 Å². The molecule has 1 unspecified atom stereocenters. The highest BCUT2D eigenvalue weighted by Gasteiger charge is 2.24. The minimum absolute atomic E-state index is 0.411. The fourth-order valence-corrected chi connectivity index (χ4v) is 3.68. The van der Waals surface area contributed by atoms with Crippen molar-refractivity contribution in [2.75, 3.05) is 6.61 Å². The van der Waals surface area contributed by atoms with E-state index in [0.29, 0.717) is 19.3 Å². The second-order valence-electron chi connectivity index (χ2n) is 3.98. The molecular formula is C10H13Cl3O3Si2. The summed E-state index contributed by atoms with van der Waals surface area (Å²) < 4.78 is 16.7. The highest BCUT2D eigenvalue weighted by atomic mass is 35.8. The maximum absolute atomic E-state index is 5.79. The Kier molecular flexibility index (Phi) is 4.85. The first-order valence-corrected chi connectivity index (χ1v) is 12.9. The molecule has 100 valence electrons. The summed E-state index contributed by atoms with van der Waals surface area (Å²) in [6.45, 7) is 2.99. The number of benzene rings is 1. The van der Waals surface area contributed by atoms with E-state index in [1.165, 1.54) is 0 Å². The van der Waals surface area contributed by atoms with Crippen LogP contribution in [-0.4, -0.2) is 21.9 Å². The summed E-state index contributed by atoms with van der Waals surface area (Å²) in [6.07, 6.45) is 0. The molecule has 1 aromatic rings. The third kappa shape index (κ3) is 4.33. The second kappa shape index (κ2) is 6.02. The maximum Gasteiger partial charge on any atom is 0.379 e. The van der Waals surface area contributed by atoms with Gasteiger partial charge < -0.3 is 13.6 Å². The van der Waals surface area contributed by atoms with Gasteiger partial charge in [0.1, 0.15) is 11.5 Å². The van der Waals surface area contributed by atoms with Gasteiger partial charge in [-0.1, -0.05) is 0 Å². The number of hydrogen-bond donors (Lipinski definition) is 0. The molecule has 1 atom stereocenters. The lowest BCUT2D eigenvalue weighted by Gasteiger charge is -2.23. The zero-order chi connectivity index (χ0) is 13.2. The summed E-state index contributed by atoms with van der Waals surface area (Å²) in [4.78, 5) is 0. The Morgan fingerprint density at radius 2 is 2.17 bits per heavy atom. The maximum atomic E-state index is 5.79. The number of ether oxygens (including phenoxy) is 1. The molecule has 8 heteroatoms. The topological polar surface area (TPSA) is 27.7 Å². The van der Waals surface area contributed by atoms with Gasteiger partial charge >= 0.3 is 15.3 Å². The molecule has 0 radical (unpaired) electrons. The van der Waals surface area contributed by atoms with Crippen molar-refractivity contribution in [2.45, 2.75) is 19.2 Å². The lowest BCUT2D eigenvalue weighted by atomic mass is 10.2. The van der Waals surface area contributed by atoms with Crippen molar-refractivity contribution in [3.8, 4) is 11.5 Å². The van der Waals surface area contributed by atoms with Gasteiger partial charge in [0.15, 0.2) is 0 Å². The third-order valence-electron chi connectivity index (χ3n) is 2.45. The van der Waals surface area contributed by atoms with Gasteiger partial charge in [-0.25, -0.2) is 0 Å². The van der Waals surface area contributed by atoms with Crippen LogP contribution in [0.5, 0.6) is 11.5 Å². The van der Waals surface area contributed by atoms with Gasteiger partial charge in [-0.15, -0.1) is 33.2 Å². The highest BCUT2D eigenvalue weighted by molar-refractivity contribution is 7.64. The van der Waals surface area contributed by atoms with Crippen molar-refractivity contribution < 1.29 is 13.6 Å². The molecule has 0 bridgehead atoms. The Hall–Kier alpha value is 0.0838. The average molecular weight is 344 g/mol. The summed E-state index contributed by atoms with van der Waals surface area (Å²) in [6, 6.07) is 3.56. The molecule has 0 fully saturated rings. The van der Waals surface area contributed by atoms with Gasteiger partial charge in [-0.3, -0.25) is 0 Å². The molecule has 0 saturated carbocycles. The van der Waals surface area contributed by atoms with Crippen molar-refractivity contribution in [3.05, 3.63) is 23.8 Å². The minimum Gasteiger partial charge on any atom is -0.522 e. The number of fused-ring (bicyclic) bond motifs is 1. The molecule has 2 rings (SSSR count). The molecule has 1 aliphatic heterocycles. The van der Waals surface area contributed by atoms with Crippen LogP contribution in [0.3, 0.4) is 0 Å². The Balaban J connectivity index is 1.95. The normalized spacial score (nSPS) is 19.0. The molecular weight excluding hydrogens is 331 g/mol. The third-order valence-corrected chi connectivity index (χ3v) is 6.15. The average Bonchev–Trinajstić information content (AvgIpc) is 2.27. The molecule has 0 aromatic heterocycles. The van der Waals surface area contributed by atoms with E-state index >= 15 is 0 Å². The Bertz CT molecular complexity index is 425. The van der Waals surface area contributed by atoms with Crippen molar-refractivity contribution in [1.82, 2.24) is 0 Å². The van der Waals surface area contributed by atoms with Gasteiger partial charge in [0, 0.05) is 11.6 Å². The summed E-state index contributed by atoms with van der Waals surface area (Å²) in [5.74, 6) is 1.64. The number of rotatable bonds is 4. The zero-order valence-corrected chi connectivity index (χ0v) is 14.2. The molecule has 0 spiro atoms. The van der Waals surface area contributed by atoms with E-state index < -0.39 is 15.3 Å². The highest BCUT2D eigenvalue weighted by Crippen LogP contribution is 2.30. The summed E-state index contributed by atoms with van der Waals surface area (Å²) in [7, 11) is -1.48. The van der Waals surface area contributed by atoms with Crippen LogP contribution in [0.4, 0.5) is 0 Å².